The molecule has 1 N–H and O–H groups in total. The van der Waals surface area contributed by atoms with E-state index in [0.717, 1.165) is 20.5 Å². The molecule has 1 aromatic carbocycles. The highest BCUT2D eigenvalue weighted by Crippen LogP contribution is 2.32. The molecule has 0 saturated carbocycles. The Labute approximate surface area is 146 Å². The number of rotatable bonds is 3. The van der Waals surface area contributed by atoms with Crippen molar-refractivity contribution in [1.82, 2.24) is 9.78 Å². The van der Waals surface area contributed by atoms with Crippen LogP contribution in [0.25, 0.3) is 5.69 Å². The fraction of sp³-hybridized carbons (Fsp3) is 0. The largest absolute Gasteiger partial charge is 0.360 e. The minimum absolute atomic E-state index is 0.0155. The first kappa shape index (κ1) is 15.8. The maximum Gasteiger partial charge on any atom is 0.145 e. The van der Waals surface area contributed by atoms with Gasteiger partial charge in [0.1, 0.15) is 26.9 Å². The Balaban J connectivity index is 2.24. The van der Waals surface area contributed by atoms with Gasteiger partial charge in [-0.15, -0.1) is 0 Å². The summed E-state index contributed by atoms with van der Waals surface area (Å²) in [5, 5.41) is 24.5. The summed E-state index contributed by atoms with van der Waals surface area (Å²) in [5.74, 6) is 0. The molecule has 0 aliphatic carbocycles. The molecule has 0 saturated heterocycles. The zero-order chi connectivity index (χ0) is 15.4. The topological polar surface area (TPSA) is 77.4 Å². The van der Waals surface area contributed by atoms with Crippen LogP contribution < -0.4 is 5.32 Å². The van der Waals surface area contributed by atoms with Crippen LogP contribution >= 0.6 is 47.8 Å². The van der Waals surface area contributed by atoms with Gasteiger partial charge in [0.15, 0.2) is 0 Å². The van der Waals surface area contributed by atoms with E-state index in [0.29, 0.717) is 4.60 Å². The Morgan fingerprint density at radius 1 is 1.14 bits per heavy atom. The van der Waals surface area contributed by atoms with E-state index in [2.05, 4.69) is 58.2 Å². The van der Waals surface area contributed by atoms with Crippen LogP contribution in [0.3, 0.4) is 0 Å². The summed E-state index contributed by atoms with van der Waals surface area (Å²) in [6, 6.07) is 11.0. The van der Waals surface area contributed by atoms with Crippen LogP contribution in [-0.2, 0) is 0 Å². The highest BCUT2D eigenvalue weighted by molar-refractivity contribution is 9.14. The highest BCUT2D eigenvalue weighted by atomic mass is 79.9. The van der Waals surface area contributed by atoms with Crippen LogP contribution in [-0.4, -0.2) is 9.78 Å². The molecule has 2 rings (SSSR count). The summed E-state index contributed by atoms with van der Waals surface area (Å²) in [6.45, 7) is 0. The number of nitrogens with zero attached hydrogens (tertiary/aromatic N) is 4. The lowest BCUT2D eigenvalue weighted by Crippen LogP contribution is -1.97. The SMILES string of the molecule is N#CC(C#N)=CNc1ccc(-n2nc(Br)c(Br)c2Br)cc1. The second-order valence-corrected chi connectivity index (χ2v) is 6.08. The summed E-state index contributed by atoms with van der Waals surface area (Å²) < 4.78 is 4.06. The van der Waals surface area contributed by atoms with E-state index in [1.165, 1.54) is 6.20 Å². The van der Waals surface area contributed by atoms with Crippen molar-refractivity contribution in [2.75, 3.05) is 5.32 Å². The molecule has 0 aliphatic heterocycles. The summed E-state index contributed by atoms with van der Waals surface area (Å²) >= 11 is 10.2. The van der Waals surface area contributed by atoms with E-state index < -0.39 is 0 Å². The predicted octanol–water partition coefficient (Wildman–Crippen LogP) is 4.50. The molecule has 0 amide bonds. The van der Waals surface area contributed by atoms with Gasteiger partial charge in [0.25, 0.3) is 0 Å². The highest BCUT2D eigenvalue weighted by Gasteiger charge is 2.12. The third-order valence-corrected chi connectivity index (χ3v) is 5.57. The molecule has 104 valence electrons. The zero-order valence-corrected chi connectivity index (χ0v) is 15.1. The first-order valence-corrected chi connectivity index (χ1v) is 7.91. The lowest BCUT2D eigenvalue weighted by atomic mass is 10.2. The van der Waals surface area contributed by atoms with Crippen molar-refractivity contribution in [2.45, 2.75) is 0 Å². The van der Waals surface area contributed by atoms with Crippen LogP contribution in [0.2, 0.25) is 0 Å². The van der Waals surface area contributed by atoms with E-state index >= 15 is 0 Å². The minimum atomic E-state index is 0.0155. The normalized spacial score (nSPS) is 9.57. The van der Waals surface area contributed by atoms with E-state index in [-0.39, 0.29) is 5.57 Å². The fourth-order valence-electron chi connectivity index (χ4n) is 1.47. The standard InChI is InChI=1S/C13H6Br3N5/c14-11-12(15)20-21(13(11)16)10-3-1-9(2-4-10)19-7-8(5-17)6-18/h1-4,7,19H. The van der Waals surface area contributed by atoms with Gasteiger partial charge in [0.05, 0.1) is 10.2 Å². The second kappa shape index (κ2) is 6.90. The molecular weight excluding hydrogens is 466 g/mol. The average Bonchev–Trinajstić information content (AvgIpc) is 2.76. The number of nitrogens with one attached hydrogen (secondary N) is 1. The number of halogens is 3. The van der Waals surface area contributed by atoms with Crippen LogP contribution in [0.15, 0.2) is 49.7 Å². The molecule has 2 aromatic rings. The van der Waals surface area contributed by atoms with Crippen molar-refractivity contribution in [3.05, 3.63) is 49.7 Å². The van der Waals surface area contributed by atoms with Crippen LogP contribution in [0.1, 0.15) is 0 Å². The number of allylic oxidation sites excluding steroid dienone is 1. The van der Waals surface area contributed by atoms with Gasteiger partial charge in [-0.1, -0.05) is 0 Å². The van der Waals surface area contributed by atoms with Crippen molar-refractivity contribution in [1.29, 1.82) is 10.5 Å². The molecule has 8 heteroatoms. The number of nitriles is 2. The maximum atomic E-state index is 8.65. The minimum Gasteiger partial charge on any atom is -0.360 e. The summed E-state index contributed by atoms with van der Waals surface area (Å²) in [4.78, 5) is 0. The first-order chi connectivity index (χ1) is 10.1. The van der Waals surface area contributed by atoms with Gasteiger partial charge in [-0.3, -0.25) is 0 Å². The van der Waals surface area contributed by atoms with Gasteiger partial charge in [0.2, 0.25) is 0 Å². The fourth-order valence-corrected chi connectivity index (χ4v) is 2.80. The lowest BCUT2D eigenvalue weighted by Gasteiger charge is -2.05. The number of hydrogen-bond donors (Lipinski definition) is 1. The van der Waals surface area contributed by atoms with Gasteiger partial charge in [-0.25, -0.2) is 4.68 Å². The molecule has 5 nitrogen and oxygen atoms in total. The zero-order valence-electron chi connectivity index (χ0n) is 10.3. The average molecular weight is 472 g/mol. The second-order valence-electron chi connectivity index (χ2n) is 3.78. The molecule has 1 aromatic heterocycles. The number of hydrogen-bond acceptors (Lipinski definition) is 4. The van der Waals surface area contributed by atoms with Crippen LogP contribution in [0, 0.1) is 22.7 Å². The van der Waals surface area contributed by atoms with Gasteiger partial charge >= 0.3 is 0 Å². The van der Waals surface area contributed by atoms with Crippen molar-refractivity contribution < 1.29 is 0 Å². The molecule has 0 unspecified atom stereocenters. The third-order valence-electron chi connectivity index (χ3n) is 2.47. The molecule has 0 bridgehead atoms. The summed E-state index contributed by atoms with van der Waals surface area (Å²) in [7, 11) is 0. The number of anilines is 1. The molecule has 21 heavy (non-hydrogen) atoms. The Kier molecular flexibility index (Phi) is 5.18. The van der Waals surface area contributed by atoms with E-state index in [4.69, 9.17) is 10.5 Å². The number of benzene rings is 1. The molecule has 0 atom stereocenters. The van der Waals surface area contributed by atoms with Crippen molar-refractivity contribution in [3.63, 3.8) is 0 Å². The van der Waals surface area contributed by atoms with E-state index in [1.54, 1.807) is 16.8 Å². The molecule has 1 heterocycles. The van der Waals surface area contributed by atoms with Crippen molar-refractivity contribution in [3.8, 4) is 17.8 Å². The quantitative estimate of drug-likeness (QED) is 0.668. The van der Waals surface area contributed by atoms with Crippen molar-refractivity contribution in [2.24, 2.45) is 0 Å². The van der Waals surface area contributed by atoms with Gasteiger partial charge in [-0.2, -0.15) is 15.6 Å². The smallest absolute Gasteiger partial charge is 0.145 e. The van der Waals surface area contributed by atoms with Gasteiger partial charge in [0, 0.05) is 11.9 Å². The molecule has 0 aliphatic rings. The number of aromatic nitrogens is 2. The predicted molar refractivity (Wildman–Crippen MR) is 89.6 cm³/mol. The van der Waals surface area contributed by atoms with Gasteiger partial charge < -0.3 is 5.32 Å². The molecule has 0 radical (unpaired) electrons. The Hall–Kier alpha value is -1.61. The van der Waals surface area contributed by atoms with Crippen molar-refractivity contribution >= 4 is 53.5 Å². The molecule has 0 spiro atoms. The molecular formula is C13H6Br3N5. The summed E-state index contributed by atoms with van der Waals surface area (Å²) in [5.41, 5.74) is 1.65. The monoisotopic (exact) mass is 469 g/mol. The van der Waals surface area contributed by atoms with Crippen LogP contribution in [0.4, 0.5) is 5.69 Å². The van der Waals surface area contributed by atoms with E-state index in [9.17, 15) is 0 Å². The Bertz CT molecular complexity index is 762. The molecule has 0 fully saturated rings. The Morgan fingerprint density at radius 2 is 1.76 bits per heavy atom. The van der Waals surface area contributed by atoms with E-state index in [1.807, 2.05) is 24.3 Å². The lowest BCUT2D eigenvalue weighted by molar-refractivity contribution is 0.852. The summed E-state index contributed by atoms with van der Waals surface area (Å²) in [6.07, 6.45) is 1.37. The third kappa shape index (κ3) is 3.53. The van der Waals surface area contributed by atoms with Gasteiger partial charge in [-0.05, 0) is 72.1 Å². The first-order valence-electron chi connectivity index (χ1n) is 5.53. The maximum absolute atomic E-state index is 8.65. The van der Waals surface area contributed by atoms with Crippen LogP contribution in [0.5, 0.6) is 0 Å². The Morgan fingerprint density at radius 3 is 2.24 bits per heavy atom.